The minimum absolute atomic E-state index is 0. The van der Waals surface area contributed by atoms with E-state index in [1.54, 1.807) is 13.0 Å². The van der Waals surface area contributed by atoms with Gasteiger partial charge in [0, 0.05) is 24.9 Å². The normalized spacial score (nSPS) is 19.9. The van der Waals surface area contributed by atoms with Crippen molar-refractivity contribution in [2.45, 2.75) is 45.2 Å². The lowest BCUT2D eigenvalue weighted by Crippen LogP contribution is -2.48. The van der Waals surface area contributed by atoms with E-state index in [0.29, 0.717) is 25.1 Å². The van der Waals surface area contributed by atoms with Gasteiger partial charge < -0.3 is 10.2 Å². The van der Waals surface area contributed by atoms with Gasteiger partial charge in [-0.15, -0.1) is 0 Å². The molecule has 0 bridgehead atoms. The average molecular weight is 505 g/mol. The molecule has 1 N–H and O–H groups in total. The number of hydrogen-bond donors (Lipinski definition) is 1. The number of likely N-dealkylation sites (tertiary alicyclic amines) is 1. The molecule has 12 heteroatoms. The predicted molar refractivity (Wildman–Crippen MR) is 125 cm³/mol. The van der Waals surface area contributed by atoms with E-state index in [9.17, 15) is 27.6 Å². The highest BCUT2D eigenvalue weighted by molar-refractivity contribution is 7.59. The highest BCUT2D eigenvalue weighted by atomic mass is 32.1. The number of hydrogen-bond acceptors (Lipinski definition) is 5. The highest BCUT2D eigenvalue weighted by Gasteiger charge is 2.40. The number of rotatable bonds is 6. The second kappa shape index (κ2) is 12.2. The monoisotopic (exact) mass is 504 g/mol. The molecule has 3 atom stereocenters. The number of Topliss-reactive ketones (excluding diaryl/α,β-unsaturated/α-hetero) is 1. The third kappa shape index (κ3) is 6.38. The van der Waals surface area contributed by atoms with E-state index in [2.05, 4.69) is 15.5 Å². The van der Waals surface area contributed by atoms with E-state index in [-0.39, 0.29) is 51.3 Å². The number of azo groups is 1. The van der Waals surface area contributed by atoms with Crippen molar-refractivity contribution in [2.75, 3.05) is 13.1 Å². The minimum Gasteiger partial charge on any atom is -0.339 e. The third-order valence-electron chi connectivity index (χ3n) is 5.68. The zero-order valence-electron chi connectivity index (χ0n) is 18.2. The molecule has 1 aromatic rings. The van der Waals surface area contributed by atoms with Crippen LogP contribution in [0.3, 0.4) is 0 Å². The summed E-state index contributed by atoms with van der Waals surface area (Å²) in [4.78, 5) is 39.1. The van der Waals surface area contributed by atoms with Crippen molar-refractivity contribution in [3.05, 3.63) is 46.9 Å². The quantitative estimate of drug-likeness (QED) is 0.477. The van der Waals surface area contributed by atoms with Gasteiger partial charge in [-0.05, 0) is 43.5 Å². The van der Waals surface area contributed by atoms with Crippen LogP contribution in [0.2, 0.25) is 0 Å². The van der Waals surface area contributed by atoms with E-state index < -0.39 is 47.3 Å². The molecule has 1 saturated heterocycles. The van der Waals surface area contributed by atoms with Crippen LogP contribution in [0.5, 0.6) is 0 Å². The molecule has 0 aliphatic carbocycles. The van der Waals surface area contributed by atoms with Crippen molar-refractivity contribution >= 4 is 44.6 Å². The molecular formula is C21H27F3N4O3S2. The maximum atomic E-state index is 13.4. The largest absolute Gasteiger partial charge is 0.339 e. The highest BCUT2D eigenvalue weighted by Crippen LogP contribution is 2.27. The molecule has 182 valence electrons. The number of benzene rings is 1. The number of halogens is 3. The topological polar surface area (TPSA) is 91.2 Å². The molecule has 1 fully saturated rings. The SMILES string of the molecule is CCC(NC(=O)C(=O)N1CC[C@H](C(=O)Cc2cc(F)c(F)c(F)c2)[C@@H]1C)C1=CCN=N1.S.S. The van der Waals surface area contributed by atoms with Crippen LogP contribution in [0.1, 0.15) is 32.3 Å². The van der Waals surface area contributed by atoms with Gasteiger partial charge in [0.25, 0.3) is 0 Å². The average Bonchev–Trinajstić information content (AvgIpc) is 3.39. The number of amides is 2. The maximum absolute atomic E-state index is 13.4. The van der Waals surface area contributed by atoms with Gasteiger partial charge in [0.2, 0.25) is 0 Å². The van der Waals surface area contributed by atoms with Crippen LogP contribution in [0.25, 0.3) is 0 Å². The van der Waals surface area contributed by atoms with Gasteiger partial charge in [0.1, 0.15) is 5.78 Å². The summed E-state index contributed by atoms with van der Waals surface area (Å²) in [5.41, 5.74) is 0.617. The fourth-order valence-corrected chi connectivity index (χ4v) is 3.94. The first-order chi connectivity index (χ1) is 14.7. The Morgan fingerprint density at radius 2 is 1.82 bits per heavy atom. The molecule has 3 rings (SSSR count). The molecule has 1 unspecified atom stereocenters. The number of ketones is 1. The number of carbonyl (C=O) groups is 3. The van der Waals surface area contributed by atoms with Crippen LogP contribution >= 0.6 is 27.0 Å². The lowest BCUT2D eigenvalue weighted by Gasteiger charge is -2.25. The third-order valence-corrected chi connectivity index (χ3v) is 5.68. The van der Waals surface area contributed by atoms with Crippen LogP contribution in [0.4, 0.5) is 13.2 Å². The van der Waals surface area contributed by atoms with Crippen LogP contribution in [0, 0.1) is 23.4 Å². The fourth-order valence-electron chi connectivity index (χ4n) is 3.94. The summed E-state index contributed by atoms with van der Waals surface area (Å²) in [5.74, 6) is -6.80. The van der Waals surface area contributed by atoms with Crippen LogP contribution in [-0.2, 0) is 20.8 Å². The standard InChI is InChI=1S/C21H23F3N4O3.2H2S/c1-3-16(17-4-6-25-27-17)26-20(30)21(31)28-7-5-13(11(28)2)18(29)10-12-8-14(22)19(24)15(23)9-12;;/h4,8-9,11,13,16H,3,5-7,10H2,1-2H3,(H,26,30);2*1H2/t11-,13-,16?;;/m0../s1. The molecule has 2 amide bonds. The Bertz CT molecular complexity index is 951. The Morgan fingerprint density at radius 3 is 2.36 bits per heavy atom. The first-order valence-electron chi connectivity index (χ1n) is 10.1. The van der Waals surface area contributed by atoms with Gasteiger partial charge in [-0.2, -0.15) is 37.2 Å². The smallest absolute Gasteiger partial charge is 0.312 e. The van der Waals surface area contributed by atoms with E-state index in [1.165, 1.54) is 4.90 Å². The second-order valence-corrected chi connectivity index (χ2v) is 7.64. The molecule has 0 saturated carbocycles. The van der Waals surface area contributed by atoms with Gasteiger partial charge in [0.15, 0.2) is 17.5 Å². The summed E-state index contributed by atoms with van der Waals surface area (Å²) in [6.45, 7) is 4.13. The summed E-state index contributed by atoms with van der Waals surface area (Å²) in [6.07, 6.45) is 2.33. The Kier molecular flexibility index (Phi) is 10.6. The lowest BCUT2D eigenvalue weighted by atomic mass is 9.92. The van der Waals surface area contributed by atoms with E-state index in [4.69, 9.17) is 0 Å². The number of carbonyl (C=O) groups excluding carboxylic acids is 3. The zero-order valence-corrected chi connectivity index (χ0v) is 20.2. The van der Waals surface area contributed by atoms with Gasteiger partial charge in [-0.3, -0.25) is 14.4 Å². The van der Waals surface area contributed by atoms with Crippen LogP contribution in [0.15, 0.2) is 34.1 Å². The molecule has 7 nitrogen and oxygen atoms in total. The maximum Gasteiger partial charge on any atom is 0.312 e. The summed E-state index contributed by atoms with van der Waals surface area (Å²) in [5, 5.41) is 10.4. The molecule has 0 radical (unpaired) electrons. The first kappa shape index (κ1) is 28.7. The Labute approximate surface area is 203 Å². The summed E-state index contributed by atoms with van der Waals surface area (Å²) >= 11 is 0. The molecule has 2 heterocycles. The molecule has 33 heavy (non-hydrogen) atoms. The van der Waals surface area contributed by atoms with Gasteiger partial charge in [-0.1, -0.05) is 6.92 Å². The van der Waals surface area contributed by atoms with Gasteiger partial charge >= 0.3 is 11.8 Å². The van der Waals surface area contributed by atoms with Crippen molar-refractivity contribution in [1.82, 2.24) is 10.2 Å². The molecule has 0 spiro atoms. The van der Waals surface area contributed by atoms with E-state index in [0.717, 1.165) is 12.1 Å². The minimum atomic E-state index is -1.59. The Hall–Kier alpha value is -2.34. The van der Waals surface area contributed by atoms with E-state index >= 15 is 0 Å². The molecular weight excluding hydrogens is 477 g/mol. The summed E-state index contributed by atoms with van der Waals surface area (Å²) in [7, 11) is 0. The van der Waals surface area contributed by atoms with Crippen molar-refractivity contribution in [2.24, 2.45) is 16.1 Å². The van der Waals surface area contributed by atoms with Gasteiger partial charge in [-0.25, -0.2) is 13.2 Å². The Balaban J connectivity index is 0.00000272. The predicted octanol–water partition coefficient (Wildman–Crippen LogP) is 2.92. The second-order valence-electron chi connectivity index (χ2n) is 7.64. The molecule has 2 aliphatic heterocycles. The Morgan fingerprint density at radius 1 is 1.18 bits per heavy atom. The zero-order chi connectivity index (χ0) is 22.7. The molecule has 0 aromatic heterocycles. The summed E-state index contributed by atoms with van der Waals surface area (Å²) in [6, 6.07) is 0.575. The fraction of sp³-hybridized carbons (Fsp3) is 0.476. The van der Waals surface area contributed by atoms with Crippen LogP contribution < -0.4 is 5.32 Å². The van der Waals surface area contributed by atoms with E-state index in [1.807, 2.05) is 6.92 Å². The summed E-state index contributed by atoms with van der Waals surface area (Å²) < 4.78 is 39.9. The molecule has 2 aliphatic rings. The van der Waals surface area contributed by atoms with Crippen molar-refractivity contribution in [1.29, 1.82) is 0 Å². The van der Waals surface area contributed by atoms with Crippen LogP contribution in [-0.4, -0.2) is 47.7 Å². The van der Waals surface area contributed by atoms with Crippen molar-refractivity contribution in [3.63, 3.8) is 0 Å². The lowest BCUT2D eigenvalue weighted by molar-refractivity contribution is -0.147. The number of nitrogens with zero attached hydrogens (tertiary/aromatic N) is 3. The van der Waals surface area contributed by atoms with Crippen molar-refractivity contribution in [3.8, 4) is 0 Å². The van der Waals surface area contributed by atoms with Gasteiger partial charge in [0.05, 0.1) is 18.3 Å². The van der Waals surface area contributed by atoms with Crippen molar-refractivity contribution < 1.29 is 27.6 Å². The number of nitrogens with one attached hydrogen (secondary N) is 1. The first-order valence-corrected chi connectivity index (χ1v) is 10.1. The molecule has 1 aromatic carbocycles.